The van der Waals surface area contributed by atoms with Crippen LogP contribution in [0.3, 0.4) is 0 Å². The molecule has 0 bridgehead atoms. The number of hydrogen-bond acceptors (Lipinski definition) is 8. The van der Waals surface area contributed by atoms with E-state index in [9.17, 15) is 22.0 Å². The highest BCUT2D eigenvalue weighted by Crippen LogP contribution is 2.42. The van der Waals surface area contributed by atoms with Gasteiger partial charge in [0.2, 0.25) is 15.8 Å². The van der Waals surface area contributed by atoms with Gasteiger partial charge < -0.3 is 18.7 Å². The molecule has 0 atom stereocenters. The molecule has 6 rings (SSSR count). The summed E-state index contributed by atoms with van der Waals surface area (Å²) in [5.41, 5.74) is 1.65. The molecule has 1 N–H and O–H groups in total. The van der Waals surface area contributed by atoms with Gasteiger partial charge in [-0.2, -0.15) is 0 Å². The highest BCUT2D eigenvalue weighted by atomic mass is 32.2. The van der Waals surface area contributed by atoms with Crippen LogP contribution in [0, 0.1) is 11.6 Å². The van der Waals surface area contributed by atoms with E-state index in [-0.39, 0.29) is 56.6 Å². The highest BCUT2D eigenvalue weighted by molar-refractivity contribution is 7.92. The monoisotopic (exact) mass is 578 g/mol. The number of sulfonamides is 1. The average Bonchev–Trinajstić information content (AvgIpc) is 3.68. The molecule has 41 heavy (non-hydrogen) atoms. The van der Waals surface area contributed by atoms with Crippen molar-refractivity contribution in [2.45, 2.75) is 0 Å². The van der Waals surface area contributed by atoms with Crippen LogP contribution in [0.1, 0.15) is 10.4 Å². The minimum atomic E-state index is -3.76. The zero-order valence-electron chi connectivity index (χ0n) is 21.7. The van der Waals surface area contributed by atoms with Crippen molar-refractivity contribution in [3.05, 3.63) is 77.9 Å². The standard InChI is InChI=1S/C28H20F2N4O6S/c1-31-27(35)24-17-11-16(19-12-23(40-33-19)28-32-25-18(30)5-4-6-21(25)39-28)20(34(2)41(3,36)37)13-22(17)38-26(24)14-7-9-15(29)10-8-14/h4-13H,1-3H3,(H,31,35). The predicted octanol–water partition coefficient (Wildman–Crippen LogP) is 5.60. The van der Waals surface area contributed by atoms with E-state index in [4.69, 9.17) is 13.4 Å². The quantitative estimate of drug-likeness (QED) is 0.270. The molecule has 10 nitrogen and oxygen atoms in total. The Labute approximate surface area is 231 Å². The first-order valence-corrected chi connectivity index (χ1v) is 13.9. The van der Waals surface area contributed by atoms with Crippen molar-refractivity contribution < 1.29 is 35.4 Å². The molecule has 6 aromatic rings. The molecule has 0 aliphatic rings. The van der Waals surface area contributed by atoms with Crippen LogP contribution in [0.5, 0.6) is 0 Å². The van der Waals surface area contributed by atoms with Crippen LogP contribution in [-0.4, -0.2) is 44.8 Å². The second-order valence-electron chi connectivity index (χ2n) is 9.17. The number of oxazole rings is 1. The number of carbonyl (C=O) groups excluding carboxylic acids is 1. The lowest BCUT2D eigenvalue weighted by atomic mass is 10.0. The van der Waals surface area contributed by atoms with Gasteiger partial charge >= 0.3 is 0 Å². The molecular weight excluding hydrogens is 558 g/mol. The SMILES string of the molecule is CNC(=O)c1c(-c2ccc(F)cc2)oc2cc(N(C)S(C)(=O)=O)c(-c3cc(-c4nc5c(F)cccc5o4)on3)cc12. The Morgan fingerprint density at radius 3 is 2.44 bits per heavy atom. The van der Waals surface area contributed by atoms with Crippen molar-refractivity contribution in [1.82, 2.24) is 15.5 Å². The number of carbonyl (C=O) groups is 1. The minimum Gasteiger partial charge on any atom is -0.455 e. The maximum Gasteiger partial charge on any atom is 0.267 e. The number of halogens is 2. The van der Waals surface area contributed by atoms with Gasteiger partial charge in [-0.15, -0.1) is 0 Å². The topological polar surface area (TPSA) is 132 Å². The van der Waals surface area contributed by atoms with Crippen LogP contribution in [0.25, 0.3) is 56.3 Å². The van der Waals surface area contributed by atoms with Gasteiger partial charge in [-0.1, -0.05) is 11.2 Å². The summed E-state index contributed by atoms with van der Waals surface area (Å²) < 4.78 is 71.1. The third kappa shape index (κ3) is 4.49. The first-order valence-electron chi connectivity index (χ1n) is 12.1. The number of nitrogens with one attached hydrogen (secondary N) is 1. The highest BCUT2D eigenvalue weighted by Gasteiger charge is 2.27. The van der Waals surface area contributed by atoms with E-state index >= 15 is 0 Å². The lowest BCUT2D eigenvalue weighted by Crippen LogP contribution is -2.25. The minimum absolute atomic E-state index is 0.0151. The van der Waals surface area contributed by atoms with Gasteiger partial charge in [0.1, 0.15) is 28.4 Å². The third-order valence-electron chi connectivity index (χ3n) is 6.57. The first-order chi connectivity index (χ1) is 19.5. The molecule has 0 saturated heterocycles. The Bertz CT molecular complexity index is 2080. The van der Waals surface area contributed by atoms with Crippen molar-refractivity contribution in [3.8, 4) is 34.2 Å². The number of rotatable bonds is 6. The van der Waals surface area contributed by atoms with Crippen LogP contribution in [0.4, 0.5) is 14.5 Å². The van der Waals surface area contributed by atoms with E-state index in [0.717, 1.165) is 10.6 Å². The van der Waals surface area contributed by atoms with Crippen molar-refractivity contribution >= 4 is 43.7 Å². The molecule has 0 aliphatic heterocycles. The van der Waals surface area contributed by atoms with Crippen LogP contribution in [-0.2, 0) is 10.0 Å². The van der Waals surface area contributed by atoms with E-state index < -0.39 is 27.6 Å². The Hall–Kier alpha value is -5.04. The van der Waals surface area contributed by atoms with Crippen LogP contribution in [0.15, 0.2) is 74.0 Å². The number of fused-ring (bicyclic) bond motifs is 2. The summed E-state index contributed by atoms with van der Waals surface area (Å²) in [5, 5.41) is 7.02. The fraction of sp³-hybridized carbons (Fsp3) is 0.107. The molecule has 3 aromatic carbocycles. The van der Waals surface area contributed by atoms with Crippen molar-refractivity contribution in [1.29, 1.82) is 0 Å². The van der Waals surface area contributed by atoms with Gasteiger partial charge in [0.15, 0.2) is 11.4 Å². The second-order valence-corrected chi connectivity index (χ2v) is 11.2. The molecular formula is C28H20F2N4O6S. The summed E-state index contributed by atoms with van der Waals surface area (Å²) in [6.07, 6.45) is 1.03. The van der Waals surface area contributed by atoms with Crippen LogP contribution < -0.4 is 9.62 Å². The van der Waals surface area contributed by atoms with Gasteiger partial charge in [0.25, 0.3) is 11.8 Å². The van der Waals surface area contributed by atoms with Gasteiger partial charge in [0, 0.05) is 42.7 Å². The summed E-state index contributed by atoms with van der Waals surface area (Å²) in [4.78, 5) is 17.2. The molecule has 0 saturated carbocycles. The summed E-state index contributed by atoms with van der Waals surface area (Å²) in [6.45, 7) is 0. The van der Waals surface area contributed by atoms with Crippen molar-refractivity contribution in [3.63, 3.8) is 0 Å². The largest absolute Gasteiger partial charge is 0.455 e. The van der Waals surface area contributed by atoms with E-state index in [2.05, 4.69) is 15.5 Å². The van der Waals surface area contributed by atoms with Gasteiger partial charge in [-0.3, -0.25) is 9.10 Å². The number of amides is 1. The van der Waals surface area contributed by atoms with Gasteiger partial charge in [-0.05, 0) is 42.5 Å². The average molecular weight is 579 g/mol. The molecule has 0 radical (unpaired) electrons. The summed E-state index contributed by atoms with van der Waals surface area (Å²) >= 11 is 0. The predicted molar refractivity (Wildman–Crippen MR) is 147 cm³/mol. The fourth-order valence-corrected chi connectivity index (χ4v) is 4.96. The third-order valence-corrected chi connectivity index (χ3v) is 7.76. The summed E-state index contributed by atoms with van der Waals surface area (Å²) in [5.74, 6) is -1.32. The molecule has 208 valence electrons. The summed E-state index contributed by atoms with van der Waals surface area (Å²) in [7, 11) is -0.955. The molecule has 3 aromatic heterocycles. The molecule has 0 aliphatic carbocycles. The Morgan fingerprint density at radius 1 is 1.00 bits per heavy atom. The maximum absolute atomic E-state index is 14.2. The van der Waals surface area contributed by atoms with E-state index in [1.54, 1.807) is 12.1 Å². The number of hydrogen-bond donors (Lipinski definition) is 1. The number of benzene rings is 3. The molecule has 0 fully saturated rings. The molecule has 0 unspecified atom stereocenters. The molecule has 1 amide bonds. The molecule has 0 spiro atoms. The normalized spacial score (nSPS) is 11.8. The van der Waals surface area contributed by atoms with E-state index in [1.807, 2.05) is 0 Å². The number of furan rings is 1. The fourth-order valence-electron chi connectivity index (χ4n) is 4.45. The van der Waals surface area contributed by atoms with Crippen molar-refractivity contribution in [2.24, 2.45) is 0 Å². The van der Waals surface area contributed by atoms with Crippen molar-refractivity contribution in [2.75, 3.05) is 24.7 Å². The smallest absolute Gasteiger partial charge is 0.267 e. The molecule has 3 heterocycles. The lowest BCUT2D eigenvalue weighted by molar-refractivity contribution is 0.0964. The van der Waals surface area contributed by atoms with Crippen LogP contribution >= 0.6 is 0 Å². The molecule has 13 heteroatoms. The van der Waals surface area contributed by atoms with Gasteiger partial charge in [-0.25, -0.2) is 22.2 Å². The maximum atomic E-state index is 14.2. The number of aromatic nitrogens is 2. The van der Waals surface area contributed by atoms with E-state index in [1.165, 1.54) is 62.6 Å². The number of nitrogens with zero attached hydrogens (tertiary/aromatic N) is 3. The van der Waals surface area contributed by atoms with Crippen LogP contribution in [0.2, 0.25) is 0 Å². The lowest BCUT2D eigenvalue weighted by Gasteiger charge is -2.19. The zero-order chi connectivity index (χ0) is 29.1. The van der Waals surface area contributed by atoms with Gasteiger partial charge in [0.05, 0.1) is 17.5 Å². The van der Waals surface area contributed by atoms with E-state index in [0.29, 0.717) is 10.9 Å². The first kappa shape index (κ1) is 26.2. The Kier molecular flexibility index (Phi) is 6.10. The zero-order valence-corrected chi connectivity index (χ0v) is 22.5. The Morgan fingerprint density at radius 2 is 1.76 bits per heavy atom. The Balaban J connectivity index is 1.58. The second kappa shape index (κ2) is 9.55. The number of para-hydroxylation sites is 1. The number of anilines is 1. The summed E-state index contributed by atoms with van der Waals surface area (Å²) in [6, 6.07) is 14.2.